The van der Waals surface area contributed by atoms with E-state index in [2.05, 4.69) is 41.5 Å². The Morgan fingerprint density at radius 1 is 0.667 bits per heavy atom. The normalized spacial score (nSPS) is 13.5. The largest absolute Gasteiger partial charge is 0.0654 e. The Balaban J connectivity index is 4.28. The lowest BCUT2D eigenvalue weighted by Crippen LogP contribution is -2.32. The molecule has 0 saturated carbocycles. The number of hydrogen-bond acceptors (Lipinski definition) is 0. The minimum Gasteiger partial charge on any atom is -0.0654 e. The van der Waals surface area contributed by atoms with Gasteiger partial charge in [-0.05, 0) is 23.7 Å². The van der Waals surface area contributed by atoms with Crippen LogP contribution in [-0.4, -0.2) is 0 Å². The molecular weight excluding hydrogens is 144 g/mol. The van der Waals surface area contributed by atoms with E-state index in [-0.39, 0.29) is 0 Å². The van der Waals surface area contributed by atoms with Crippen molar-refractivity contribution in [1.82, 2.24) is 0 Å². The van der Waals surface area contributed by atoms with Gasteiger partial charge >= 0.3 is 0 Å². The maximum atomic E-state index is 2.41. The van der Waals surface area contributed by atoms with E-state index >= 15 is 0 Å². The highest BCUT2D eigenvalue weighted by Gasteiger charge is 2.34. The van der Waals surface area contributed by atoms with Crippen molar-refractivity contribution < 1.29 is 0 Å². The van der Waals surface area contributed by atoms with Gasteiger partial charge < -0.3 is 0 Å². The maximum Gasteiger partial charge on any atom is -0.0303 e. The zero-order valence-corrected chi connectivity index (χ0v) is 9.83. The molecule has 0 bridgehead atoms. The van der Waals surface area contributed by atoms with E-state index in [1.54, 1.807) is 0 Å². The zero-order valence-electron chi connectivity index (χ0n) is 9.83. The molecule has 12 heavy (non-hydrogen) atoms. The molecule has 0 aliphatic heterocycles. The lowest BCUT2D eigenvalue weighted by molar-refractivity contribution is 0.0863. The highest BCUT2D eigenvalue weighted by molar-refractivity contribution is 4.85. The lowest BCUT2D eigenvalue weighted by atomic mass is 9.64. The summed E-state index contributed by atoms with van der Waals surface area (Å²) in [5.74, 6) is 0. The van der Waals surface area contributed by atoms with Gasteiger partial charge in [0.1, 0.15) is 0 Å². The zero-order chi connectivity index (χ0) is 9.83. The van der Waals surface area contributed by atoms with Crippen LogP contribution in [0.1, 0.15) is 67.2 Å². The second-order valence-electron chi connectivity index (χ2n) is 5.27. The molecule has 0 radical (unpaired) electrons. The molecule has 0 aromatic carbocycles. The molecule has 0 rings (SSSR count). The minimum absolute atomic E-state index is 0.498. The van der Waals surface area contributed by atoms with E-state index in [4.69, 9.17) is 0 Å². The van der Waals surface area contributed by atoms with Gasteiger partial charge in [0.2, 0.25) is 0 Å². The molecule has 0 saturated heterocycles. The third-order valence-electron chi connectivity index (χ3n) is 3.58. The number of rotatable bonds is 5. The first-order valence-electron chi connectivity index (χ1n) is 5.37. The highest BCUT2D eigenvalue weighted by atomic mass is 14.4. The molecule has 0 aromatic heterocycles. The average Bonchev–Trinajstić information content (AvgIpc) is 1.86. The predicted molar refractivity (Wildman–Crippen MR) is 57.4 cm³/mol. The average molecular weight is 170 g/mol. The Bertz CT molecular complexity index is 104. The molecule has 0 unspecified atom stereocenters. The third-order valence-corrected chi connectivity index (χ3v) is 3.58. The van der Waals surface area contributed by atoms with Crippen LogP contribution in [0.15, 0.2) is 0 Å². The predicted octanol–water partition coefficient (Wildman–Crippen LogP) is 4.64. The lowest BCUT2D eigenvalue weighted by Gasteiger charge is -2.42. The molecule has 0 fully saturated rings. The van der Waals surface area contributed by atoms with Crippen LogP contribution >= 0.6 is 0 Å². The second-order valence-corrected chi connectivity index (χ2v) is 5.27. The fourth-order valence-electron chi connectivity index (χ4n) is 1.93. The Hall–Kier alpha value is 0. The molecule has 74 valence electrons. The summed E-state index contributed by atoms with van der Waals surface area (Å²) in [6, 6.07) is 0. The van der Waals surface area contributed by atoms with Crippen LogP contribution in [0.2, 0.25) is 0 Å². The molecule has 0 aliphatic carbocycles. The third kappa shape index (κ3) is 2.80. The number of hydrogen-bond donors (Lipinski definition) is 0. The van der Waals surface area contributed by atoms with Crippen molar-refractivity contribution in [3.8, 4) is 0 Å². The molecule has 0 nitrogen and oxygen atoms in total. The van der Waals surface area contributed by atoms with Crippen molar-refractivity contribution in [2.24, 2.45) is 10.8 Å². The van der Waals surface area contributed by atoms with Gasteiger partial charge in [0, 0.05) is 0 Å². The van der Waals surface area contributed by atoms with Crippen LogP contribution in [-0.2, 0) is 0 Å². The SMILES string of the molecule is CCCC(C)(C)C(C)(C)CCC. The van der Waals surface area contributed by atoms with E-state index in [0.717, 1.165) is 0 Å². The Kier molecular flexibility index (Phi) is 4.30. The van der Waals surface area contributed by atoms with E-state index in [0.29, 0.717) is 10.8 Å². The monoisotopic (exact) mass is 170 g/mol. The van der Waals surface area contributed by atoms with E-state index < -0.39 is 0 Å². The quantitative estimate of drug-likeness (QED) is 0.564. The van der Waals surface area contributed by atoms with Crippen LogP contribution in [0.25, 0.3) is 0 Å². The summed E-state index contributed by atoms with van der Waals surface area (Å²) in [4.78, 5) is 0. The summed E-state index contributed by atoms with van der Waals surface area (Å²) >= 11 is 0. The molecule has 0 aliphatic rings. The molecule has 0 aromatic rings. The summed E-state index contributed by atoms with van der Waals surface area (Å²) < 4.78 is 0. The van der Waals surface area contributed by atoms with Crippen molar-refractivity contribution in [2.75, 3.05) is 0 Å². The molecule has 0 heterocycles. The summed E-state index contributed by atoms with van der Waals surface area (Å²) in [5.41, 5.74) is 0.996. The van der Waals surface area contributed by atoms with E-state index in [9.17, 15) is 0 Å². The van der Waals surface area contributed by atoms with Gasteiger partial charge in [-0.1, -0.05) is 54.4 Å². The molecule has 0 atom stereocenters. The highest BCUT2D eigenvalue weighted by Crippen LogP contribution is 2.45. The molecule has 0 N–H and O–H groups in total. The summed E-state index contributed by atoms with van der Waals surface area (Å²) in [7, 11) is 0. The van der Waals surface area contributed by atoms with Gasteiger partial charge in [-0.3, -0.25) is 0 Å². The van der Waals surface area contributed by atoms with Crippen LogP contribution < -0.4 is 0 Å². The van der Waals surface area contributed by atoms with Crippen molar-refractivity contribution in [2.45, 2.75) is 67.2 Å². The van der Waals surface area contributed by atoms with Crippen LogP contribution in [0, 0.1) is 10.8 Å². The van der Waals surface area contributed by atoms with Gasteiger partial charge in [0.05, 0.1) is 0 Å². The van der Waals surface area contributed by atoms with Crippen LogP contribution in [0.3, 0.4) is 0 Å². The Labute approximate surface area is 78.8 Å². The van der Waals surface area contributed by atoms with Gasteiger partial charge in [-0.2, -0.15) is 0 Å². The Morgan fingerprint density at radius 3 is 1.08 bits per heavy atom. The first-order chi connectivity index (χ1) is 5.37. The summed E-state index contributed by atoms with van der Waals surface area (Å²) in [6.45, 7) is 14.2. The van der Waals surface area contributed by atoms with Gasteiger partial charge in [0.25, 0.3) is 0 Å². The molecule has 0 heteroatoms. The topological polar surface area (TPSA) is 0 Å². The molecular formula is C12H26. The maximum absolute atomic E-state index is 2.41. The van der Waals surface area contributed by atoms with Gasteiger partial charge in [-0.15, -0.1) is 0 Å². The standard InChI is InChI=1S/C12H26/c1-7-9-11(3,4)12(5,6)10-8-2/h7-10H2,1-6H3. The van der Waals surface area contributed by atoms with Crippen LogP contribution in [0.4, 0.5) is 0 Å². The van der Waals surface area contributed by atoms with E-state index in [1.807, 2.05) is 0 Å². The van der Waals surface area contributed by atoms with Crippen molar-refractivity contribution in [1.29, 1.82) is 0 Å². The van der Waals surface area contributed by atoms with Gasteiger partial charge in [-0.25, -0.2) is 0 Å². The van der Waals surface area contributed by atoms with Gasteiger partial charge in [0.15, 0.2) is 0 Å². The smallest absolute Gasteiger partial charge is 0.0303 e. The first kappa shape index (κ1) is 12.0. The van der Waals surface area contributed by atoms with Crippen molar-refractivity contribution in [3.05, 3.63) is 0 Å². The summed E-state index contributed by atoms with van der Waals surface area (Å²) in [6.07, 6.45) is 5.31. The molecule has 0 spiro atoms. The second kappa shape index (κ2) is 4.30. The Morgan fingerprint density at radius 2 is 0.917 bits per heavy atom. The minimum atomic E-state index is 0.498. The van der Waals surface area contributed by atoms with Crippen molar-refractivity contribution in [3.63, 3.8) is 0 Å². The van der Waals surface area contributed by atoms with Crippen molar-refractivity contribution >= 4 is 0 Å². The summed E-state index contributed by atoms with van der Waals surface area (Å²) in [5, 5.41) is 0. The first-order valence-corrected chi connectivity index (χ1v) is 5.37. The van der Waals surface area contributed by atoms with Crippen LogP contribution in [0.5, 0.6) is 0 Å². The molecule has 0 amide bonds. The fourth-order valence-corrected chi connectivity index (χ4v) is 1.93. The fraction of sp³-hybridized carbons (Fsp3) is 1.00. The van der Waals surface area contributed by atoms with E-state index in [1.165, 1.54) is 25.7 Å².